The highest BCUT2D eigenvalue weighted by molar-refractivity contribution is 5.94. The summed E-state index contributed by atoms with van der Waals surface area (Å²) < 4.78 is 57.9. The summed E-state index contributed by atoms with van der Waals surface area (Å²) in [5.74, 6) is -2.02. The first kappa shape index (κ1) is 29.3. The van der Waals surface area contributed by atoms with E-state index in [9.17, 15) is 22.8 Å². The zero-order valence-electron chi connectivity index (χ0n) is 22.2. The number of ether oxygens (including phenoxy) is 3. The predicted octanol–water partition coefficient (Wildman–Crippen LogP) is 5.86. The second-order valence-electron chi connectivity index (χ2n) is 9.64. The number of rotatable bonds is 10. The first-order valence-electron chi connectivity index (χ1n) is 12.2. The second-order valence-corrected chi connectivity index (χ2v) is 9.64. The monoisotopic (exact) mass is 544 g/mol. The molecule has 0 saturated heterocycles. The number of hydrogen-bond acceptors (Lipinski definition) is 5. The molecule has 7 nitrogen and oxygen atoms in total. The Labute approximate surface area is 225 Å². The lowest BCUT2D eigenvalue weighted by Crippen LogP contribution is -2.40. The van der Waals surface area contributed by atoms with Gasteiger partial charge < -0.3 is 24.4 Å². The maximum absolute atomic E-state index is 14.4. The van der Waals surface area contributed by atoms with Gasteiger partial charge in [0.05, 0.1) is 12.7 Å². The molecule has 3 aromatic rings. The Morgan fingerprint density at radius 1 is 0.923 bits per heavy atom. The third-order valence-electron chi connectivity index (χ3n) is 5.44. The Morgan fingerprint density at radius 2 is 1.67 bits per heavy atom. The topological polar surface area (TPSA) is 77.1 Å². The average Bonchev–Trinajstić information content (AvgIpc) is 2.87. The molecule has 0 unspecified atom stereocenters. The van der Waals surface area contributed by atoms with Crippen LogP contribution in [0.2, 0.25) is 0 Å². The number of alkyl carbamates (subject to hydrolysis) is 1. The van der Waals surface area contributed by atoms with Crippen LogP contribution >= 0.6 is 0 Å². The van der Waals surface area contributed by atoms with E-state index < -0.39 is 35.1 Å². The number of halogens is 3. The molecule has 0 atom stereocenters. The van der Waals surface area contributed by atoms with Gasteiger partial charge in [0.1, 0.15) is 29.7 Å². The number of benzene rings is 3. The average molecular weight is 545 g/mol. The van der Waals surface area contributed by atoms with E-state index >= 15 is 0 Å². The quantitative estimate of drug-likeness (QED) is 0.346. The predicted molar refractivity (Wildman–Crippen MR) is 139 cm³/mol. The van der Waals surface area contributed by atoms with Gasteiger partial charge in [-0.15, -0.1) is 0 Å². The van der Waals surface area contributed by atoms with Gasteiger partial charge in [0.2, 0.25) is 0 Å². The van der Waals surface area contributed by atoms with Crippen LogP contribution in [0.25, 0.3) is 0 Å². The third-order valence-corrected chi connectivity index (χ3v) is 5.44. The Kier molecular flexibility index (Phi) is 9.81. The molecule has 0 aliphatic heterocycles. The first-order chi connectivity index (χ1) is 18.5. The molecular formula is C29H31F3N2O5. The molecule has 0 heterocycles. The van der Waals surface area contributed by atoms with Crippen molar-refractivity contribution in [2.75, 3.05) is 20.2 Å². The standard InChI is InChI=1S/C29H31F3N2O5/c1-29(2,3)39-28(36)33-13-14-34(27(35)22-7-5-6-8-23(22)31)17-19-9-12-25(26(15-19)37-4)38-18-20-10-11-21(30)16-24(20)32/h5-12,15-16H,13-14,17-18H2,1-4H3,(H,33,36). The van der Waals surface area contributed by atoms with Crippen molar-refractivity contribution >= 4 is 12.0 Å². The highest BCUT2D eigenvalue weighted by Crippen LogP contribution is 2.30. The van der Waals surface area contributed by atoms with Crippen molar-refractivity contribution in [3.8, 4) is 11.5 Å². The van der Waals surface area contributed by atoms with Gasteiger partial charge in [-0.25, -0.2) is 18.0 Å². The molecule has 0 spiro atoms. The van der Waals surface area contributed by atoms with E-state index in [1.165, 1.54) is 36.3 Å². The lowest BCUT2D eigenvalue weighted by molar-refractivity contribution is 0.0512. The number of nitrogens with zero attached hydrogens (tertiary/aromatic N) is 1. The fourth-order valence-corrected chi connectivity index (χ4v) is 3.61. The Hall–Kier alpha value is -4.21. The van der Waals surface area contributed by atoms with Crippen LogP contribution in [-0.2, 0) is 17.9 Å². The fraction of sp³-hybridized carbons (Fsp3) is 0.310. The van der Waals surface area contributed by atoms with Gasteiger partial charge in [-0.05, 0) is 62.7 Å². The van der Waals surface area contributed by atoms with E-state index in [2.05, 4.69) is 5.32 Å². The van der Waals surface area contributed by atoms with E-state index in [0.29, 0.717) is 17.1 Å². The maximum Gasteiger partial charge on any atom is 0.407 e. The van der Waals surface area contributed by atoms with Crippen LogP contribution in [0.15, 0.2) is 60.7 Å². The lowest BCUT2D eigenvalue weighted by atomic mass is 10.1. The highest BCUT2D eigenvalue weighted by atomic mass is 19.1. The van der Waals surface area contributed by atoms with Gasteiger partial charge in [-0.3, -0.25) is 4.79 Å². The van der Waals surface area contributed by atoms with Crippen molar-refractivity contribution in [1.82, 2.24) is 10.2 Å². The Balaban J connectivity index is 1.76. The molecule has 10 heteroatoms. The molecule has 2 amide bonds. The maximum atomic E-state index is 14.4. The van der Waals surface area contributed by atoms with Gasteiger partial charge in [0.15, 0.2) is 11.5 Å². The zero-order valence-corrected chi connectivity index (χ0v) is 22.2. The van der Waals surface area contributed by atoms with Gasteiger partial charge >= 0.3 is 6.09 Å². The van der Waals surface area contributed by atoms with Crippen LogP contribution in [0.5, 0.6) is 11.5 Å². The summed E-state index contributed by atoms with van der Waals surface area (Å²) in [4.78, 5) is 26.7. The van der Waals surface area contributed by atoms with Crippen LogP contribution in [0, 0.1) is 17.5 Å². The van der Waals surface area contributed by atoms with Gasteiger partial charge in [-0.2, -0.15) is 0 Å². The van der Waals surface area contributed by atoms with E-state index in [1.54, 1.807) is 45.0 Å². The molecular weight excluding hydrogens is 513 g/mol. The molecule has 3 aromatic carbocycles. The van der Waals surface area contributed by atoms with Gasteiger partial charge in [-0.1, -0.05) is 18.2 Å². The summed E-state index contributed by atoms with van der Waals surface area (Å²) in [6.07, 6.45) is -0.637. The van der Waals surface area contributed by atoms with E-state index in [1.807, 2.05) is 0 Å². The van der Waals surface area contributed by atoms with Crippen molar-refractivity contribution in [3.63, 3.8) is 0 Å². The number of methoxy groups -OCH3 is 1. The van der Waals surface area contributed by atoms with Crippen LogP contribution in [0.1, 0.15) is 42.3 Å². The van der Waals surface area contributed by atoms with E-state index in [4.69, 9.17) is 14.2 Å². The molecule has 0 fully saturated rings. The largest absolute Gasteiger partial charge is 0.493 e. The molecule has 0 saturated carbocycles. The van der Waals surface area contributed by atoms with Crippen LogP contribution in [-0.4, -0.2) is 42.7 Å². The lowest BCUT2D eigenvalue weighted by Gasteiger charge is -2.25. The molecule has 0 bridgehead atoms. The molecule has 0 aromatic heterocycles. The second kappa shape index (κ2) is 13.0. The normalized spacial score (nSPS) is 11.1. The minimum atomic E-state index is -0.729. The van der Waals surface area contributed by atoms with Crippen LogP contribution < -0.4 is 14.8 Å². The van der Waals surface area contributed by atoms with Crippen molar-refractivity contribution < 1.29 is 37.0 Å². The third kappa shape index (κ3) is 8.66. The van der Waals surface area contributed by atoms with Gasteiger partial charge in [0, 0.05) is 31.3 Å². The summed E-state index contributed by atoms with van der Waals surface area (Å²) in [5.41, 5.74) is 0.00842. The smallest absolute Gasteiger partial charge is 0.407 e. The van der Waals surface area contributed by atoms with E-state index in [0.717, 1.165) is 12.1 Å². The SMILES string of the molecule is COc1cc(CN(CCNC(=O)OC(C)(C)C)C(=O)c2ccccc2F)ccc1OCc1ccc(F)cc1F. The molecule has 0 radical (unpaired) electrons. The number of hydrogen-bond donors (Lipinski definition) is 1. The van der Waals surface area contributed by atoms with Gasteiger partial charge in [0.25, 0.3) is 5.91 Å². The Morgan fingerprint density at radius 3 is 2.33 bits per heavy atom. The summed E-state index contributed by atoms with van der Waals surface area (Å²) in [6.45, 7) is 5.24. The van der Waals surface area contributed by atoms with E-state index in [-0.39, 0.29) is 37.4 Å². The van der Waals surface area contributed by atoms with Crippen molar-refractivity contribution in [2.24, 2.45) is 0 Å². The number of amides is 2. The molecule has 3 rings (SSSR count). The first-order valence-corrected chi connectivity index (χ1v) is 12.2. The zero-order chi connectivity index (χ0) is 28.6. The summed E-state index contributed by atoms with van der Waals surface area (Å²) in [7, 11) is 1.43. The minimum Gasteiger partial charge on any atom is -0.493 e. The minimum absolute atomic E-state index is 0.0619. The summed E-state index contributed by atoms with van der Waals surface area (Å²) in [5, 5.41) is 2.60. The van der Waals surface area contributed by atoms with Crippen molar-refractivity contribution in [1.29, 1.82) is 0 Å². The molecule has 1 N–H and O–H groups in total. The van der Waals surface area contributed by atoms with Crippen LogP contribution in [0.3, 0.4) is 0 Å². The number of carbonyl (C=O) groups excluding carboxylic acids is 2. The summed E-state index contributed by atoms with van der Waals surface area (Å²) >= 11 is 0. The van der Waals surface area contributed by atoms with Crippen molar-refractivity contribution in [3.05, 3.63) is 94.8 Å². The molecule has 0 aliphatic carbocycles. The van der Waals surface area contributed by atoms with Crippen LogP contribution in [0.4, 0.5) is 18.0 Å². The molecule has 39 heavy (non-hydrogen) atoms. The Bertz CT molecular complexity index is 1310. The fourth-order valence-electron chi connectivity index (χ4n) is 3.61. The molecule has 0 aliphatic rings. The summed E-state index contributed by atoms with van der Waals surface area (Å²) in [6, 6.07) is 13.8. The number of carbonyl (C=O) groups is 2. The molecule has 208 valence electrons. The van der Waals surface area contributed by atoms with Crippen molar-refractivity contribution in [2.45, 2.75) is 39.5 Å². The highest BCUT2D eigenvalue weighted by Gasteiger charge is 2.21. The number of nitrogens with one attached hydrogen (secondary N) is 1.